The van der Waals surface area contributed by atoms with E-state index >= 15 is 0 Å². The van der Waals surface area contributed by atoms with E-state index in [1.54, 1.807) is 18.2 Å². The highest BCUT2D eigenvalue weighted by molar-refractivity contribution is 7.98. The lowest BCUT2D eigenvalue weighted by Gasteiger charge is -2.14. The number of carbonyl (C=O) groups is 1. The second-order valence-electron chi connectivity index (χ2n) is 5.81. The zero-order chi connectivity index (χ0) is 20.1. The highest BCUT2D eigenvalue weighted by Crippen LogP contribution is 2.27. The Morgan fingerprint density at radius 2 is 1.96 bits per heavy atom. The average Bonchev–Trinajstić information content (AvgIpc) is 2.70. The Labute approximate surface area is 171 Å². The zero-order valence-electron chi connectivity index (χ0n) is 15.3. The molecule has 0 bridgehead atoms. The van der Waals surface area contributed by atoms with Crippen molar-refractivity contribution >= 4 is 35.0 Å². The number of nitrogens with zero attached hydrogens (tertiary/aromatic N) is 2. The summed E-state index contributed by atoms with van der Waals surface area (Å²) >= 11 is 7.29. The summed E-state index contributed by atoms with van der Waals surface area (Å²) in [6, 6.07) is 15.8. The quantitative estimate of drug-likeness (QED) is 0.487. The number of thioether (sulfide) groups is 1. The summed E-state index contributed by atoms with van der Waals surface area (Å²) in [6.45, 7) is -0.174. The van der Waals surface area contributed by atoms with E-state index in [0.717, 1.165) is 5.56 Å². The lowest BCUT2D eigenvalue weighted by molar-refractivity contribution is -0.116. The normalized spacial score (nSPS) is 10.5. The van der Waals surface area contributed by atoms with Crippen LogP contribution in [0.2, 0.25) is 5.02 Å². The third-order valence-electron chi connectivity index (χ3n) is 3.96. The molecule has 3 rings (SSSR count). The standard InChI is InChI=1S/C20H18ClN3O3S/c1-27-17-9-8-14(21)10-16(17)22-18(25)12-24-19(26)11-15(23-20(24)28-2)13-6-4-3-5-7-13/h3-11H,12H2,1-2H3,(H,22,25). The van der Waals surface area contributed by atoms with Gasteiger partial charge >= 0.3 is 0 Å². The third kappa shape index (κ3) is 4.55. The molecule has 2 aromatic carbocycles. The van der Waals surface area contributed by atoms with Gasteiger partial charge in [0.25, 0.3) is 5.56 Å². The number of hydrogen-bond donors (Lipinski definition) is 1. The van der Waals surface area contributed by atoms with Crippen LogP contribution in [0.5, 0.6) is 5.75 Å². The first-order valence-corrected chi connectivity index (χ1v) is 9.96. The minimum Gasteiger partial charge on any atom is -0.495 e. The molecule has 1 aromatic heterocycles. The topological polar surface area (TPSA) is 73.2 Å². The van der Waals surface area contributed by atoms with Crippen molar-refractivity contribution in [1.29, 1.82) is 0 Å². The molecule has 1 heterocycles. The van der Waals surface area contributed by atoms with Crippen molar-refractivity contribution in [3.8, 4) is 17.0 Å². The van der Waals surface area contributed by atoms with Gasteiger partial charge in [-0.1, -0.05) is 53.7 Å². The first-order valence-electron chi connectivity index (χ1n) is 8.36. The molecule has 1 amide bonds. The van der Waals surface area contributed by atoms with Gasteiger partial charge in [0.05, 0.1) is 18.5 Å². The number of carbonyl (C=O) groups excluding carboxylic acids is 1. The van der Waals surface area contributed by atoms with E-state index in [9.17, 15) is 9.59 Å². The first-order chi connectivity index (χ1) is 13.5. The number of hydrogen-bond acceptors (Lipinski definition) is 5. The molecule has 28 heavy (non-hydrogen) atoms. The highest BCUT2D eigenvalue weighted by Gasteiger charge is 2.14. The van der Waals surface area contributed by atoms with Crippen LogP contribution in [0.15, 0.2) is 64.5 Å². The molecule has 6 nitrogen and oxygen atoms in total. The smallest absolute Gasteiger partial charge is 0.255 e. The molecule has 1 N–H and O–H groups in total. The molecule has 0 aliphatic carbocycles. The number of ether oxygens (including phenoxy) is 1. The second kappa shape index (κ2) is 8.95. The predicted molar refractivity (Wildman–Crippen MR) is 112 cm³/mol. The van der Waals surface area contributed by atoms with Gasteiger partial charge in [-0.2, -0.15) is 0 Å². The van der Waals surface area contributed by atoms with Gasteiger partial charge in [0.2, 0.25) is 5.91 Å². The molecule has 0 radical (unpaired) electrons. The van der Waals surface area contributed by atoms with Crippen LogP contribution < -0.4 is 15.6 Å². The summed E-state index contributed by atoms with van der Waals surface area (Å²) in [5, 5.41) is 3.65. The summed E-state index contributed by atoms with van der Waals surface area (Å²) in [5.74, 6) is 0.0972. The van der Waals surface area contributed by atoms with E-state index in [2.05, 4.69) is 10.3 Å². The number of nitrogens with one attached hydrogen (secondary N) is 1. The molecule has 0 saturated carbocycles. The number of anilines is 1. The van der Waals surface area contributed by atoms with Crippen LogP contribution in [0.25, 0.3) is 11.3 Å². The molecule has 0 aliphatic rings. The van der Waals surface area contributed by atoms with Crippen molar-refractivity contribution in [2.45, 2.75) is 11.7 Å². The first kappa shape index (κ1) is 20.0. The number of amides is 1. The average molecular weight is 416 g/mol. The number of methoxy groups -OCH3 is 1. The lowest BCUT2D eigenvalue weighted by atomic mass is 10.1. The van der Waals surface area contributed by atoms with Gasteiger partial charge < -0.3 is 10.1 Å². The SMILES string of the molecule is COc1ccc(Cl)cc1NC(=O)Cn1c(SC)nc(-c2ccccc2)cc1=O. The Morgan fingerprint density at radius 3 is 2.64 bits per heavy atom. The van der Waals surface area contributed by atoms with Gasteiger partial charge in [0.15, 0.2) is 5.16 Å². The van der Waals surface area contributed by atoms with E-state index < -0.39 is 0 Å². The van der Waals surface area contributed by atoms with Crippen molar-refractivity contribution < 1.29 is 9.53 Å². The Hall–Kier alpha value is -2.77. The summed E-state index contributed by atoms with van der Waals surface area (Å²) in [6.07, 6.45) is 1.81. The molecule has 0 fully saturated rings. The minimum absolute atomic E-state index is 0.174. The number of benzene rings is 2. The van der Waals surface area contributed by atoms with Gasteiger partial charge in [-0.3, -0.25) is 14.2 Å². The lowest BCUT2D eigenvalue weighted by Crippen LogP contribution is -2.29. The molecule has 0 aliphatic heterocycles. The van der Waals surface area contributed by atoms with Gasteiger partial charge in [-0.05, 0) is 24.5 Å². The van der Waals surface area contributed by atoms with Crippen molar-refractivity contribution in [3.63, 3.8) is 0 Å². The summed E-state index contributed by atoms with van der Waals surface area (Å²) in [4.78, 5) is 29.7. The van der Waals surface area contributed by atoms with E-state index in [0.29, 0.717) is 27.3 Å². The summed E-state index contributed by atoms with van der Waals surface area (Å²) in [7, 11) is 1.50. The van der Waals surface area contributed by atoms with Crippen LogP contribution in [0.4, 0.5) is 5.69 Å². The summed E-state index contributed by atoms with van der Waals surface area (Å²) < 4.78 is 6.56. The van der Waals surface area contributed by atoms with E-state index in [1.165, 1.54) is 29.5 Å². The molecule has 3 aromatic rings. The van der Waals surface area contributed by atoms with Gasteiger partial charge in [0.1, 0.15) is 12.3 Å². The molecule has 0 unspecified atom stereocenters. The van der Waals surface area contributed by atoms with Crippen LogP contribution >= 0.6 is 23.4 Å². The van der Waals surface area contributed by atoms with Crippen molar-refractivity contribution in [2.24, 2.45) is 0 Å². The minimum atomic E-state index is -0.382. The van der Waals surface area contributed by atoms with Crippen LogP contribution in [-0.4, -0.2) is 28.8 Å². The Balaban J connectivity index is 1.87. The summed E-state index contributed by atoms with van der Waals surface area (Å²) in [5.41, 5.74) is 1.55. The molecule has 0 saturated heterocycles. The monoisotopic (exact) mass is 415 g/mol. The Kier molecular flexibility index (Phi) is 6.38. The molecule has 8 heteroatoms. The van der Waals surface area contributed by atoms with Gasteiger partial charge in [0, 0.05) is 16.7 Å². The molecular weight excluding hydrogens is 398 g/mol. The van der Waals surface area contributed by atoms with E-state index in [4.69, 9.17) is 16.3 Å². The maximum atomic E-state index is 12.6. The highest BCUT2D eigenvalue weighted by atomic mass is 35.5. The molecular formula is C20H18ClN3O3S. The number of rotatable bonds is 6. The van der Waals surface area contributed by atoms with Crippen molar-refractivity contribution in [2.75, 3.05) is 18.7 Å². The van der Waals surface area contributed by atoms with Crippen molar-refractivity contribution in [3.05, 3.63) is 70.0 Å². The maximum absolute atomic E-state index is 12.6. The third-order valence-corrected chi connectivity index (χ3v) is 4.87. The van der Waals surface area contributed by atoms with Crippen LogP contribution in [0, 0.1) is 0 Å². The zero-order valence-corrected chi connectivity index (χ0v) is 16.9. The van der Waals surface area contributed by atoms with Gasteiger partial charge in [-0.25, -0.2) is 4.98 Å². The van der Waals surface area contributed by atoms with E-state index in [-0.39, 0.29) is 18.0 Å². The predicted octanol–water partition coefficient (Wildman–Crippen LogP) is 3.93. The molecule has 0 atom stereocenters. The fraction of sp³-hybridized carbons (Fsp3) is 0.150. The van der Waals surface area contributed by atoms with Crippen LogP contribution in [-0.2, 0) is 11.3 Å². The Bertz CT molecular complexity index is 1050. The van der Waals surface area contributed by atoms with Crippen molar-refractivity contribution in [1.82, 2.24) is 9.55 Å². The number of aromatic nitrogens is 2. The van der Waals surface area contributed by atoms with Gasteiger partial charge in [-0.15, -0.1) is 0 Å². The maximum Gasteiger partial charge on any atom is 0.255 e. The second-order valence-corrected chi connectivity index (χ2v) is 7.02. The van der Waals surface area contributed by atoms with Crippen LogP contribution in [0.3, 0.4) is 0 Å². The number of halogens is 1. The Morgan fingerprint density at radius 1 is 1.21 bits per heavy atom. The fourth-order valence-corrected chi connectivity index (χ4v) is 3.39. The largest absolute Gasteiger partial charge is 0.495 e. The molecule has 0 spiro atoms. The van der Waals surface area contributed by atoms with Crippen LogP contribution in [0.1, 0.15) is 0 Å². The molecule has 144 valence electrons. The fourth-order valence-electron chi connectivity index (χ4n) is 2.65. The van der Waals surface area contributed by atoms with E-state index in [1.807, 2.05) is 36.6 Å².